The number of esters is 1. The van der Waals surface area contributed by atoms with E-state index in [1.54, 1.807) is 38.1 Å². The number of amides is 3. The van der Waals surface area contributed by atoms with E-state index in [2.05, 4.69) is 10.6 Å². The molecule has 2 aromatic rings. The smallest absolute Gasteiger partial charge is 0.339 e. The largest absolute Gasteiger partial charge is 0.489 e. The standard InChI is InChI=1S/C21H24N2O5/c1-14(2)22-21(26)23-19(24)15(3)28-20(25)17-10-7-11-18(12-17)27-13-16-8-5-4-6-9-16/h4-12,14-15H,13H2,1-3H3,(H2,22,23,24,26)/t15-/m1/s1. The SMILES string of the molecule is CC(C)NC(=O)NC(=O)[C@@H](C)OC(=O)c1cccc(OCc2ccccc2)c1. The molecule has 0 unspecified atom stereocenters. The van der Waals surface area contributed by atoms with Gasteiger partial charge in [-0.15, -0.1) is 0 Å². The molecular formula is C21H24N2O5. The molecule has 2 rings (SSSR count). The lowest BCUT2D eigenvalue weighted by Crippen LogP contribution is -2.46. The molecule has 7 nitrogen and oxygen atoms in total. The number of imide groups is 1. The van der Waals surface area contributed by atoms with E-state index in [1.165, 1.54) is 6.92 Å². The van der Waals surface area contributed by atoms with Crippen molar-refractivity contribution in [2.75, 3.05) is 0 Å². The number of hydrogen-bond donors (Lipinski definition) is 2. The molecule has 0 bridgehead atoms. The van der Waals surface area contributed by atoms with E-state index >= 15 is 0 Å². The second-order valence-electron chi connectivity index (χ2n) is 6.47. The Bertz CT molecular complexity index is 821. The van der Waals surface area contributed by atoms with Crippen LogP contribution in [-0.4, -0.2) is 30.1 Å². The van der Waals surface area contributed by atoms with E-state index in [0.717, 1.165) is 5.56 Å². The van der Waals surface area contributed by atoms with Crippen LogP contribution in [0, 0.1) is 0 Å². The fourth-order valence-corrected chi connectivity index (χ4v) is 2.25. The Morgan fingerprint density at radius 1 is 0.964 bits per heavy atom. The number of rotatable bonds is 7. The van der Waals surface area contributed by atoms with Crippen LogP contribution in [0.3, 0.4) is 0 Å². The van der Waals surface area contributed by atoms with Gasteiger partial charge in [0.05, 0.1) is 5.56 Å². The van der Waals surface area contributed by atoms with Gasteiger partial charge in [0, 0.05) is 6.04 Å². The number of hydrogen-bond acceptors (Lipinski definition) is 5. The molecule has 7 heteroatoms. The lowest BCUT2D eigenvalue weighted by Gasteiger charge is -2.14. The molecule has 0 aliphatic carbocycles. The minimum Gasteiger partial charge on any atom is -0.489 e. The molecule has 0 aliphatic heterocycles. The second-order valence-corrected chi connectivity index (χ2v) is 6.47. The van der Waals surface area contributed by atoms with Gasteiger partial charge < -0.3 is 14.8 Å². The van der Waals surface area contributed by atoms with Crippen molar-refractivity contribution < 1.29 is 23.9 Å². The van der Waals surface area contributed by atoms with E-state index in [-0.39, 0.29) is 11.6 Å². The summed E-state index contributed by atoms with van der Waals surface area (Å²) in [4.78, 5) is 35.8. The summed E-state index contributed by atoms with van der Waals surface area (Å²) in [7, 11) is 0. The topological polar surface area (TPSA) is 93.7 Å². The van der Waals surface area contributed by atoms with Crippen LogP contribution in [0.15, 0.2) is 54.6 Å². The molecule has 1 atom stereocenters. The Morgan fingerprint density at radius 3 is 2.36 bits per heavy atom. The first-order valence-corrected chi connectivity index (χ1v) is 8.94. The molecular weight excluding hydrogens is 360 g/mol. The van der Waals surface area contributed by atoms with E-state index in [9.17, 15) is 14.4 Å². The van der Waals surface area contributed by atoms with Crippen molar-refractivity contribution in [3.8, 4) is 5.75 Å². The van der Waals surface area contributed by atoms with Gasteiger partial charge in [-0.3, -0.25) is 10.1 Å². The highest BCUT2D eigenvalue weighted by atomic mass is 16.5. The summed E-state index contributed by atoms with van der Waals surface area (Å²) >= 11 is 0. The summed E-state index contributed by atoms with van der Waals surface area (Å²) in [6.07, 6.45) is -1.13. The third-order valence-corrected chi connectivity index (χ3v) is 3.63. The first kappa shape index (κ1) is 21.0. The van der Waals surface area contributed by atoms with Crippen LogP contribution >= 0.6 is 0 Å². The molecule has 0 spiro atoms. The van der Waals surface area contributed by atoms with Crippen LogP contribution in [0.1, 0.15) is 36.7 Å². The zero-order valence-corrected chi connectivity index (χ0v) is 16.1. The summed E-state index contributed by atoms with van der Waals surface area (Å²) in [6.45, 7) is 5.29. The quantitative estimate of drug-likeness (QED) is 0.716. The molecule has 0 saturated heterocycles. The molecule has 28 heavy (non-hydrogen) atoms. The van der Waals surface area contributed by atoms with Crippen molar-refractivity contribution in [2.45, 2.75) is 39.5 Å². The van der Waals surface area contributed by atoms with E-state index in [4.69, 9.17) is 9.47 Å². The van der Waals surface area contributed by atoms with Gasteiger partial charge in [-0.2, -0.15) is 0 Å². The molecule has 3 amide bonds. The number of carbonyl (C=O) groups excluding carboxylic acids is 3. The molecule has 2 aromatic carbocycles. The van der Waals surface area contributed by atoms with Gasteiger partial charge in [0.15, 0.2) is 6.10 Å². The first-order valence-electron chi connectivity index (χ1n) is 8.94. The molecule has 2 N–H and O–H groups in total. The molecule has 0 radical (unpaired) electrons. The fraction of sp³-hybridized carbons (Fsp3) is 0.286. The molecule has 0 heterocycles. The minimum absolute atomic E-state index is 0.121. The maximum absolute atomic E-state index is 12.3. The van der Waals surface area contributed by atoms with Crippen molar-refractivity contribution in [1.29, 1.82) is 0 Å². The van der Waals surface area contributed by atoms with Crippen LogP contribution in [0.4, 0.5) is 4.79 Å². The van der Waals surface area contributed by atoms with Gasteiger partial charge in [-0.25, -0.2) is 9.59 Å². The zero-order chi connectivity index (χ0) is 20.5. The average Bonchev–Trinajstić information content (AvgIpc) is 2.66. The normalized spacial score (nSPS) is 11.4. The highest BCUT2D eigenvalue weighted by Crippen LogP contribution is 2.16. The van der Waals surface area contributed by atoms with Crippen LogP contribution in [0.5, 0.6) is 5.75 Å². The number of carbonyl (C=O) groups is 3. The van der Waals surface area contributed by atoms with Crippen LogP contribution in [-0.2, 0) is 16.1 Å². The Kier molecular flexibility index (Phi) is 7.56. The highest BCUT2D eigenvalue weighted by molar-refractivity contribution is 5.98. The summed E-state index contributed by atoms with van der Waals surface area (Å²) < 4.78 is 10.8. The number of nitrogens with one attached hydrogen (secondary N) is 2. The van der Waals surface area contributed by atoms with Crippen molar-refractivity contribution in [1.82, 2.24) is 10.6 Å². The third-order valence-electron chi connectivity index (χ3n) is 3.63. The molecule has 0 fully saturated rings. The maximum atomic E-state index is 12.3. The third kappa shape index (κ3) is 6.75. The lowest BCUT2D eigenvalue weighted by atomic mass is 10.2. The van der Waals surface area contributed by atoms with Crippen LogP contribution in [0.25, 0.3) is 0 Å². The number of benzene rings is 2. The van der Waals surface area contributed by atoms with Gasteiger partial charge in [0.2, 0.25) is 0 Å². The monoisotopic (exact) mass is 384 g/mol. The first-order chi connectivity index (χ1) is 13.3. The van der Waals surface area contributed by atoms with Gasteiger partial charge in [-0.05, 0) is 44.5 Å². The minimum atomic E-state index is -1.13. The lowest BCUT2D eigenvalue weighted by molar-refractivity contribution is -0.127. The molecule has 0 aliphatic rings. The van der Waals surface area contributed by atoms with Crippen molar-refractivity contribution in [3.05, 3.63) is 65.7 Å². The summed E-state index contributed by atoms with van der Waals surface area (Å²) in [5.41, 5.74) is 1.25. The highest BCUT2D eigenvalue weighted by Gasteiger charge is 2.21. The second kappa shape index (κ2) is 10.1. The van der Waals surface area contributed by atoms with Crippen molar-refractivity contribution in [3.63, 3.8) is 0 Å². The average molecular weight is 384 g/mol. The van der Waals surface area contributed by atoms with Crippen molar-refractivity contribution >= 4 is 17.9 Å². The number of ether oxygens (including phenoxy) is 2. The van der Waals surface area contributed by atoms with Gasteiger partial charge >= 0.3 is 12.0 Å². The maximum Gasteiger partial charge on any atom is 0.339 e. The van der Waals surface area contributed by atoms with E-state index in [1.807, 2.05) is 30.3 Å². The Labute approximate surface area is 164 Å². The molecule has 148 valence electrons. The summed E-state index contributed by atoms with van der Waals surface area (Å²) in [5.74, 6) is -0.883. The number of urea groups is 1. The van der Waals surface area contributed by atoms with Crippen molar-refractivity contribution in [2.24, 2.45) is 0 Å². The van der Waals surface area contributed by atoms with E-state index < -0.39 is 24.0 Å². The molecule has 0 saturated carbocycles. The van der Waals surface area contributed by atoms with Gasteiger partial charge in [0.1, 0.15) is 12.4 Å². The summed E-state index contributed by atoms with van der Waals surface area (Å²) in [6, 6.07) is 15.4. The van der Waals surface area contributed by atoms with Crippen LogP contribution < -0.4 is 15.4 Å². The van der Waals surface area contributed by atoms with Gasteiger partial charge in [0.25, 0.3) is 5.91 Å². The summed E-state index contributed by atoms with van der Waals surface area (Å²) in [5, 5.41) is 4.65. The predicted molar refractivity (Wildman–Crippen MR) is 104 cm³/mol. The Hall–Kier alpha value is -3.35. The van der Waals surface area contributed by atoms with Gasteiger partial charge in [-0.1, -0.05) is 36.4 Å². The van der Waals surface area contributed by atoms with E-state index in [0.29, 0.717) is 12.4 Å². The Morgan fingerprint density at radius 2 is 1.68 bits per heavy atom. The van der Waals surface area contributed by atoms with Crippen LogP contribution in [0.2, 0.25) is 0 Å². The predicted octanol–water partition coefficient (Wildman–Crippen LogP) is 3.05. The zero-order valence-electron chi connectivity index (χ0n) is 16.1. The molecule has 0 aromatic heterocycles. The Balaban J connectivity index is 1.91. The fourth-order valence-electron chi connectivity index (χ4n) is 2.25.